The first kappa shape index (κ1) is 19.1. The fraction of sp³-hybridized carbons (Fsp3) is 0.263. The predicted molar refractivity (Wildman–Crippen MR) is 99.5 cm³/mol. The van der Waals surface area contributed by atoms with E-state index in [9.17, 15) is 14.4 Å². The lowest BCUT2D eigenvalue weighted by molar-refractivity contribution is -0.121. The molecular weight excluding hydrogens is 332 g/mol. The van der Waals surface area contributed by atoms with E-state index in [2.05, 4.69) is 15.6 Å². The molecule has 7 heteroatoms. The highest BCUT2D eigenvalue weighted by Gasteiger charge is 2.13. The molecule has 0 aliphatic carbocycles. The fourth-order valence-electron chi connectivity index (χ4n) is 2.40. The van der Waals surface area contributed by atoms with Gasteiger partial charge in [0.25, 0.3) is 0 Å². The molecule has 2 aromatic rings. The van der Waals surface area contributed by atoms with Gasteiger partial charge in [-0.25, -0.2) is 0 Å². The van der Waals surface area contributed by atoms with Crippen molar-refractivity contribution >= 4 is 29.1 Å². The van der Waals surface area contributed by atoms with Gasteiger partial charge in [-0.05, 0) is 35.9 Å². The number of hydrogen-bond donors (Lipinski definition) is 2. The van der Waals surface area contributed by atoms with Crippen LogP contribution in [-0.2, 0) is 20.9 Å². The predicted octanol–water partition coefficient (Wildman–Crippen LogP) is 2.10. The Hall–Kier alpha value is -3.22. The molecular formula is C19H22N4O3. The number of nitrogens with one attached hydrogen (secondary N) is 2. The average Bonchev–Trinajstić information content (AvgIpc) is 2.61. The Balaban J connectivity index is 1.90. The van der Waals surface area contributed by atoms with Gasteiger partial charge in [0, 0.05) is 57.1 Å². The van der Waals surface area contributed by atoms with E-state index >= 15 is 0 Å². The van der Waals surface area contributed by atoms with Gasteiger partial charge in [-0.1, -0.05) is 6.07 Å². The Bertz CT molecular complexity index is 760. The third kappa shape index (κ3) is 6.01. The monoisotopic (exact) mass is 354 g/mol. The smallest absolute Gasteiger partial charge is 0.223 e. The normalized spacial score (nSPS) is 10.1. The zero-order chi connectivity index (χ0) is 18.9. The highest BCUT2D eigenvalue weighted by molar-refractivity contribution is 5.93. The lowest BCUT2D eigenvalue weighted by atomic mass is 10.2. The number of hydrogen-bond acceptors (Lipinski definition) is 4. The topological polar surface area (TPSA) is 91.4 Å². The van der Waals surface area contributed by atoms with Crippen LogP contribution in [0.4, 0.5) is 11.4 Å². The zero-order valence-corrected chi connectivity index (χ0v) is 14.9. The van der Waals surface area contributed by atoms with E-state index in [1.54, 1.807) is 36.7 Å². The Morgan fingerprint density at radius 1 is 1.08 bits per heavy atom. The summed E-state index contributed by atoms with van der Waals surface area (Å²) in [6.45, 7) is 3.56. The van der Waals surface area contributed by atoms with Crippen LogP contribution in [0.2, 0.25) is 0 Å². The largest absolute Gasteiger partial charge is 0.352 e. The second-order valence-corrected chi connectivity index (χ2v) is 5.79. The van der Waals surface area contributed by atoms with Gasteiger partial charge in [0.15, 0.2) is 0 Å². The number of amides is 3. The van der Waals surface area contributed by atoms with Crippen LogP contribution >= 0.6 is 0 Å². The van der Waals surface area contributed by atoms with Crippen molar-refractivity contribution in [3.05, 3.63) is 54.4 Å². The molecule has 0 unspecified atom stereocenters. The molecule has 0 aliphatic heterocycles. The summed E-state index contributed by atoms with van der Waals surface area (Å²) in [5.41, 5.74) is 2.24. The van der Waals surface area contributed by atoms with Crippen LogP contribution in [0.1, 0.15) is 25.8 Å². The number of rotatable bonds is 7. The highest BCUT2D eigenvalue weighted by Crippen LogP contribution is 2.18. The van der Waals surface area contributed by atoms with Crippen LogP contribution in [0.3, 0.4) is 0 Å². The van der Waals surface area contributed by atoms with Crippen molar-refractivity contribution < 1.29 is 14.4 Å². The van der Waals surface area contributed by atoms with Gasteiger partial charge in [-0.2, -0.15) is 0 Å². The van der Waals surface area contributed by atoms with Crippen molar-refractivity contribution in [2.45, 2.75) is 26.8 Å². The van der Waals surface area contributed by atoms with Crippen molar-refractivity contribution in [3.63, 3.8) is 0 Å². The Morgan fingerprint density at radius 3 is 2.38 bits per heavy atom. The average molecular weight is 354 g/mol. The molecule has 1 aromatic carbocycles. The summed E-state index contributed by atoms with van der Waals surface area (Å²) in [6, 6.07) is 10.6. The maximum Gasteiger partial charge on any atom is 0.223 e. The van der Waals surface area contributed by atoms with E-state index in [0.29, 0.717) is 17.9 Å². The van der Waals surface area contributed by atoms with Crippen molar-refractivity contribution in [2.24, 2.45) is 0 Å². The fourth-order valence-corrected chi connectivity index (χ4v) is 2.40. The van der Waals surface area contributed by atoms with Crippen LogP contribution in [0, 0.1) is 0 Å². The van der Waals surface area contributed by atoms with Crippen LogP contribution < -0.4 is 15.5 Å². The lowest BCUT2D eigenvalue weighted by Gasteiger charge is -2.21. The Morgan fingerprint density at radius 2 is 1.81 bits per heavy atom. The molecule has 1 heterocycles. The third-order valence-corrected chi connectivity index (χ3v) is 3.65. The van der Waals surface area contributed by atoms with Crippen LogP contribution in [0.15, 0.2) is 48.8 Å². The first-order valence-electron chi connectivity index (χ1n) is 8.27. The maximum absolute atomic E-state index is 12.0. The standard InChI is InChI=1S/C19H22N4O3/c1-14(24)22-17-5-7-18(8-6-17)23(15(2)25)11-9-19(26)21-13-16-4-3-10-20-12-16/h3-8,10,12H,9,11,13H2,1-2H3,(H,21,26)(H,22,24). The van der Waals surface area contributed by atoms with E-state index in [4.69, 9.17) is 0 Å². The summed E-state index contributed by atoms with van der Waals surface area (Å²) >= 11 is 0. The third-order valence-electron chi connectivity index (χ3n) is 3.65. The molecule has 0 saturated heterocycles. The summed E-state index contributed by atoms with van der Waals surface area (Å²) in [5.74, 6) is -0.459. The minimum atomic E-state index is -0.161. The van der Waals surface area contributed by atoms with Crippen LogP contribution in [0.25, 0.3) is 0 Å². The van der Waals surface area contributed by atoms with Gasteiger partial charge in [-0.15, -0.1) is 0 Å². The lowest BCUT2D eigenvalue weighted by Crippen LogP contribution is -2.33. The van der Waals surface area contributed by atoms with Crippen LogP contribution in [-0.4, -0.2) is 29.3 Å². The van der Waals surface area contributed by atoms with Crippen molar-refractivity contribution in [3.8, 4) is 0 Å². The second kappa shape index (κ2) is 9.31. The number of carbonyl (C=O) groups is 3. The van der Waals surface area contributed by atoms with Gasteiger partial charge >= 0.3 is 0 Å². The van der Waals surface area contributed by atoms with Crippen molar-refractivity contribution in [1.29, 1.82) is 0 Å². The molecule has 7 nitrogen and oxygen atoms in total. The summed E-state index contributed by atoms with van der Waals surface area (Å²) < 4.78 is 0. The van der Waals surface area contributed by atoms with Crippen molar-refractivity contribution in [1.82, 2.24) is 10.3 Å². The molecule has 3 amide bonds. The summed E-state index contributed by atoms with van der Waals surface area (Å²) in [6.07, 6.45) is 3.55. The summed E-state index contributed by atoms with van der Waals surface area (Å²) in [5, 5.41) is 5.48. The Labute approximate surface area is 152 Å². The van der Waals surface area contributed by atoms with Gasteiger partial charge < -0.3 is 15.5 Å². The Kier molecular flexibility index (Phi) is 6.84. The molecule has 0 aliphatic rings. The molecule has 0 atom stereocenters. The number of aromatic nitrogens is 1. The molecule has 136 valence electrons. The first-order chi connectivity index (χ1) is 12.5. The van der Waals surface area contributed by atoms with E-state index < -0.39 is 0 Å². The highest BCUT2D eigenvalue weighted by atomic mass is 16.2. The molecule has 0 radical (unpaired) electrons. The van der Waals surface area contributed by atoms with E-state index in [-0.39, 0.29) is 30.7 Å². The molecule has 0 saturated carbocycles. The number of carbonyl (C=O) groups excluding carboxylic acids is 3. The summed E-state index contributed by atoms with van der Waals surface area (Å²) in [7, 11) is 0. The van der Waals surface area contributed by atoms with Crippen molar-refractivity contribution in [2.75, 3.05) is 16.8 Å². The molecule has 2 N–H and O–H groups in total. The molecule has 0 bridgehead atoms. The quantitative estimate of drug-likeness (QED) is 0.796. The minimum Gasteiger partial charge on any atom is -0.352 e. The molecule has 26 heavy (non-hydrogen) atoms. The van der Waals surface area contributed by atoms with E-state index in [0.717, 1.165) is 5.56 Å². The molecule has 1 aromatic heterocycles. The van der Waals surface area contributed by atoms with Gasteiger partial charge in [0.2, 0.25) is 17.7 Å². The molecule has 0 spiro atoms. The van der Waals surface area contributed by atoms with Gasteiger partial charge in [0.05, 0.1) is 0 Å². The molecule has 2 rings (SSSR count). The summed E-state index contributed by atoms with van der Waals surface area (Å²) in [4.78, 5) is 40.5. The van der Waals surface area contributed by atoms with E-state index in [1.807, 2.05) is 12.1 Å². The SMILES string of the molecule is CC(=O)Nc1ccc(N(CCC(=O)NCc2cccnc2)C(C)=O)cc1. The number of anilines is 2. The maximum atomic E-state index is 12.0. The van der Waals surface area contributed by atoms with Crippen LogP contribution in [0.5, 0.6) is 0 Å². The zero-order valence-electron chi connectivity index (χ0n) is 14.9. The van der Waals surface area contributed by atoms with E-state index in [1.165, 1.54) is 18.7 Å². The van der Waals surface area contributed by atoms with Gasteiger partial charge in [0.1, 0.15) is 0 Å². The number of pyridine rings is 1. The second-order valence-electron chi connectivity index (χ2n) is 5.79. The van der Waals surface area contributed by atoms with Gasteiger partial charge in [-0.3, -0.25) is 19.4 Å². The first-order valence-corrected chi connectivity index (χ1v) is 8.27. The number of benzene rings is 1. The minimum absolute atomic E-state index is 0.144. The number of nitrogens with zero attached hydrogens (tertiary/aromatic N) is 2. The molecule has 0 fully saturated rings.